The molecule has 2 aromatic carbocycles. The van der Waals surface area contributed by atoms with Crippen LogP contribution in [0.15, 0.2) is 81.7 Å². The van der Waals surface area contributed by atoms with Gasteiger partial charge in [-0.25, -0.2) is 4.98 Å². The van der Waals surface area contributed by atoms with E-state index < -0.39 is 10.0 Å². The van der Waals surface area contributed by atoms with Crippen molar-refractivity contribution in [1.82, 2.24) is 14.4 Å². The van der Waals surface area contributed by atoms with Crippen molar-refractivity contribution < 1.29 is 8.42 Å². The smallest absolute Gasteiger partial charge is 0.276 e. The van der Waals surface area contributed by atoms with Crippen LogP contribution in [0.4, 0.5) is 0 Å². The van der Waals surface area contributed by atoms with Crippen LogP contribution in [0.3, 0.4) is 0 Å². The quantitative estimate of drug-likeness (QED) is 0.509. The molecule has 0 amide bonds. The molecule has 0 atom stereocenters. The number of halogens is 1. The van der Waals surface area contributed by atoms with E-state index in [9.17, 15) is 8.42 Å². The Morgan fingerprint density at radius 1 is 1.12 bits per heavy atom. The van der Waals surface area contributed by atoms with Gasteiger partial charge in [-0.15, -0.1) is 0 Å². The van der Waals surface area contributed by atoms with Gasteiger partial charge in [-0.1, -0.05) is 28.1 Å². The number of hydrogen-bond donors (Lipinski definition) is 1. The van der Waals surface area contributed by atoms with Crippen LogP contribution in [-0.4, -0.2) is 23.7 Å². The third kappa shape index (κ3) is 4.15. The third-order valence-corrected chi connectivity index (χ3v) is 5.30. The number of sulfonamides is 1. The molecule has 3 rings (SSSR count). The van der Waals surface area contributed by atoms with Gasteiger partial charge in [0.15, 0.2) is 0 Å². The minimum Gasteiger partial charge on any atom is -0.306 e. The van der Waals surface area contributed by atoms with Crippen LogP contribution in [0.25, 0.3) is 5.69 Å². The first-order valence-corrected chi connectivity index (χ1v) is 9.64. The summed E-state index contributed by atoms with van der Waals surface area (Å²) < 4.78 is 27.2. The molecule has 3 aromatic rings. The average molecular weight is 419 g/mol. The summed E-state index contributed by atoms with van der Waals surface area (Å²) in [6, 6.07) is 13.9. The van der Waals surface area contributed by atoms with E-state index in [1.807, 2.05) is 35.0 Å². The summed E-state index contributed by atoms with van der Waals surface area (Å²) in [5.74, 6) is 0. The van der Waals surface area contributed by atoms with Crippen molar-refractivity contribution in [3.05, 3.63) is 77.3 Å². The lowest BCUT2D eigenvalue weighted by Crippen LogP contribution is -2.19. The minimum absolute atomic E-state index is 0.155. The molecule has 25 heavy (non-hydrogen) atoms. The van der Waals surface area contributed by atoms with Gasteiger partial charge in [0.05, 0.1) is 16.9 Å². The molecule has 0 radical (unpaired) electrons. The number of nitrogens with one attached hydrogen (secondary N) is 1. The summed E-state index contributed by atoms with van der Waals surface area (Å²) >= 11 is 3.28. The van der Waals surface area contributed by atoms with E-state index in [1.54, 1.807) is 31.6 Å². The van der Waals surface area contributed by atoms with E-state index in [2.05, 4.69) is 30.8 Å². The molecule has 0 aliphatic heterocycles. The highest BCUT2D eigenvalue weighted by atomic mass is 79.9. The normalized spacial score (nSPS) is 12.2. The Labute approximate surface area is 154 Å². The fourth-order valence-electron chi connectivity index (χ4n) is 2.15. The summed E-state index contributed by atoms with van der Waals surface area (Å²) in [5.41, 5.74) is 2.35. The summed E-state index contributed by atoms with van der Waals surface area (Å²) in [4.78, 5) is 6.43. The van der Waals surface area contributed by atoms with Crippen LogP contribution in [0.5, 0.6) is 0 Å². The zero-order chi connectivity index (χ0) is 17.9. The van der Waals surface area contributed by atoms with Crippen molar-refractivity contribution in [3.63, 3.8) is 0 Å². The van der Waals surface area contributed by atoms with Gasteiger partial charge < -0.3 is 4.57 Å². The number of hydrogen-bond acceptors (Lipinski definition) is 4. The predicted molar refractivity (Wildman–Crippen MR) is 100 cm³/mol. The summed E-state index contributed by atoms with van der Waals surface area (Å²) in [7, 11) is -3.69. The molecule has 6 nitrogen and oxygen atoms in total. The van der Waals surface area contributed by atoms with E-state index in [1.165, 1.54) is 12.1 Å². The SMILES string of the molecule is C/C(=N/NS(=O)(=O)c1ccc(Br)cc1)c1ccc(-n2ccnc2)cc1. The van der Waals surface area contributed by atoms with E-state index in [0.29, 0.717) is 5.71 Å². The molecular weight excluding hydrogens is 404 g/mol. The number of aromatic nitrogens is 2. The molecule has 0 unspecified atom stereocenters. The second-order valence-corrected chi connectivity index (χ2v) is 7.84. The maximum Gasteiger partial charge on any atom is 0.276 e. The standard InChI is InChI=1S/C17H15BrN4O2S/c1-13(14-2-6-16(7-3-14)22-11-10-19-12-22)20-21-25(23,24)17-8-4-15(18)5-9-17/h2-12,21H,1H3/b20-13-. The average Bonchev–Trinajstić information content (AvgIpc) is 3.15. The van der Waals surface area contributed by atoms with Crippen molar-refractivity contribution in [1.29, 1.82) is 0 Å². The van der Waals surface area contributed by atoms with Gasteiger partial charge in [-0.3, -0.25) is 0 Å². The van der Waals surface area contributed by atoms with Gasteiger partial charge in [0.25, 0.3) is 10.0 Å². The Balaban J connectivity index is 1.76. The lowest BCUT2D eigenvalue weighted by Gasteiger charge is -2.07. The molecule has 0 spiro atoms. The Morgan fingerprint density at radius 3 is 2.40 bits per heavy atom. The molecule has 1 heterocycles. The summed E-state index contributed by atoms with van der Waals surface area (Å²) in [5, 5.41) is 4.01. The highest BCUT2D eigenvalue weighted by Crippen LogP contribution is 2.15. The van der Waals surface area contributed by atoms with Crippen LogP contribution in [-0.2, 0) is 10.0 Å². The van der Waals surface area contributed by atoms with Crippen LogP contribution < -0.4 is 4.83 Å². The van der Waals surface area contributed by atoms with Gasteiger partial charge in [-0.05, 0) is 48.9 Å². The van der Waals surface area contributed by atoms with Gasteiger partial charge in [-0.2, -0.15) is 18.4 Å². The molecule has 8 heteroatoms. The maximum absolute atomic E-state index is 12.2. The topological polar surface area (TPSA) is 76.3 Å². The Bertz CT molecular complexity index is 980. The van der Waals surface area contributed by atoms with E-state index >= 15 is 0 Å². The predicted octanol–water partition coefficient (Wildman–Crippen LogP) is 3.34. The van der Waals surface area contributed by atoms with Crippen molar-refractivity contribution in [3.8, 4) is 5.69 Å². The lowest BCUT2D eigenvalue weighted by atomic mass is 10.1. The first kappa shape index (κ1) is 17.4. The molecule has 0 bridgehead atoms. The first-order chi connectivity index (χ1) is 12.0. The highest BCUT2D eigenvalue weighted by molar-refractivity contribution is 9.10. The zero-order valence-electron chi connectivity index (χ0n) is 13.3. The molecule has 1 aromatic heterocycles. The number of nitrogens with zero attached hydrogens (tertiary/aromatic N) is 3. The molecule has 0 aliphatic carbocycles. The monoisotopic (exact) mass is 418 g/mol. The molecule has 128 valence electrons. The van der Waals surface area contributed by atoms with Crippen molar-refractivity contribution in [2.24, 2.45) is 5.10 Å². The molecule has 0 saturated carbocycles. The molecule has 0 fully saturated rings. The maximum atomic E-state index is 12.2. The second kappa shape index (κ2) is 7.20. The van der Waals surface area contributed by atoms with E-state index in [4.69, 9.17) is 0 Å². The Morgan fingerprint density at radius 2 is 1.80 bits per heavy atom. The van der Waals surface area contributed by atoms with Crippen LogP contribution >= 0.6 is 15.9 Å². The summed E-state index contributed by atoms with van der Waals surface area (Å²) in [6.45, 7) is 1.75. The molecule has 0 saturated heterocycles. The number of hydrazone groups is 1. The van der Waals surface area contributed by atoms with Gasteiger partial charge in [0.2, 0.25) is 0 Å². The van der Waals surface area contributed by atoms with Crippen LogP contribution in [0.2, 0.25) is 0 Å². The zero-order valence-corrected chi connectivity index (χ0v) is 15.7. The van der Waals surface area contributed by atoms with Gasteiger partial charge >= 0.3 is 0 Å². The number of imidazole rings is 1. The molecule has 1 N–H and O–H groups in total. The number of rotatable bonds is 5. The fourth-order valence-corrected chi connectivity index (χ4v) is 3.27. The van der Waals surface area contributed by atoms with Crippen molar-refractivity contribution in [2.45, 2.75) is 11.8 Å². The Kier molecular flexibility index (Phi) is 5.00. The van der Waals surface area contributed by atoms with Crippen LogP contribution in [0.1, 0.15) is 12.5 Å². The van der Waals surface area contributed by atoms with E-state index in [0.717, 1.165) is 15.7 Å². The van der Waals surface area contributed by atoms with Crippen molar-refractivity contribution in [2.75, 3.05) is 0 Å². The van der Waals surface area contributed by atoms with Crippen molar-refractivity contribution >= 4 is 31.7 Å². The van der Waals surface area contributed by atoms with E-state index in [-0.39, 0.29) is 4.90 Å². The van der Waals surface area contributed by atoms with Gasteiger partial charge in [0, 0.05) is 22.6 Å². The Hall–Kier alpha value is -2.45. The second-order valence-electron chi connectivity index (χ2n) is 5.26. The fraction of sp³-hybridized carbons (Fsp3) is 0.0588. The first-order valence-electron chi connectivity index (χ1n) is 7.36. The highest BCUT2D eigenvalue weighted by Gasteiger charge is 2.12. The molecule has 0 aliphatic rings. The minimum atomic E-state index is -3.69. The molecular formula is C17H15BrN4O2S. The lowest BCUT2D eigenvalue weighted by molar-refractivity contribution is 0.584. The summed E-state index contributed by atoms with van der Waals surface area (Å²) in [6.07, 6.45) is 5.27. The number of benzene rings is 2. The van der Waals surface area contributed by atoms with Gasteiger partial charge in [0.1, 0.15) is 0 Å². The third-order valence-electron chi connectivity index (χ3n) is 3.55. The largest absolute Gasteiger partial charge is 0.306 e. The van der Waals surface area contributed by atoms with Crippen LogP contribution in [0, 0.1) is 0 Å².